The highest BCUT2D eigenvalue weighted by Crippen LogP contribution is 2.32. The first-order valence-electron chi connectivity index (χ1n) is 4.57. The molecule has 0 saturated heterocycles. The lowest BCUT2D eigenvalue weighted by molar-refractivity contribution is 0.956. The first-order valence-corrected chi connectivity index (χ1v) is 5.39. The van der Waals surface area contributed by atoms with Crippen molar-refractivity contribution in [2.75, 3.05) is 5.73 Å². The van der Waals surface area contributed by atoms with E-state index in [1.165, 1.54) is 9.47 Å². The minimum Gasteiger partial charge on any atom is -0.383 e. The Labute approximate surface area is 91.5 Å². The minimum atomic E-state index is -0.330. The number of nitrogens with zero attached hydrogens (tertiary/aromatic N) is 2. The van der Waals surface area contributed by atoms with Crippen molar-refractivity contribution in [3.8, 4) is 0 Å². The summed E-state index contributed by atoms with van der Waals surface area (Å²) in [5, 5.41) is 0.896. The molecular weight excluding hydrogens is 210 g/mol. The number of hydrogen-bond acceptors (Lipinski definition) is 4. The summed E-state index contributed by atoms with van der Waals surface area (Å²) in [6, 6.07) is 1.62. The van der Waals surface area contributed by atoms with Gasteiger partial charge in [-0.05, 0) is 30.4 Å². The van der Waals surface area contributed by atoms with E-state index in [9.17, 15) is 4.79 Å². The van der Waals surface area contributed by atoms with Crippen LogP contribution >= 0.6 is 11.8 Å². The second kappa shape index (κ2) is 3.94. The van der Waals surface area contributed by atoms with Crippen LogP contribution in [-0.4, -0.2) is 9.55 Å². The van der Waals surface area contributed by atoms with Crippen LogP contribution in [0.3, 0.4) is 0 Å². The Morgan fingerprint density at radius 3 is 3.00 bits per heavy atom. The van der Waals surface area contributed by atoms with Crippen molar-refractivity contribution in [2.24, 2.45) is 0 Å². The molecule has 78 valence electrons. The van der Waals surface area contributed by atoms with Gasteiger partial charge >= 0.3 is 5.69 Å². The van der Waals surface area contributed by atoms with Gasteiger partial charge in [0.1, 0.15) is 5.82 Å². The number of thioether (sulfide) groups is 1. The summed E-state index contributed by atoms with van der Waals surface area (Å²) in [5.74, 6) is 0.255. The van der Waals surface area contributed by atoms with Crippen molar-refractivity contribution in [3.05, 3.63) is 39.8 Å². The van der Waals surface area contributed by atoms with E-state index < -0.39 is 0 Å². The second-order valence-electron chi connectivity index (χ2n) is 3.20. The largest absolute Gasteiger partial charge is 0.383 e. The maximum absolute atomic E-state index is 11.5. The van der Waals surface area contributed by atoms with E-state index in [0.717, 1.165) is 11.4 Å². The summed E-state index contributed by atoms with van der Waals surface area (Å²) in [5.41, 5.74) is 5.09. The monoisotopic (exact) mass is 221 g/mol. The molecule has 5 heteroatoms. The number of allylic oxidation sites excluding steroid dienone is 3. The van der Waals surface area contributed by atoms with E-state index in [1.54, 1.807) is 24.0 Å². The van der Waals surface area contributed by atoms with Gasteiger partial charge < -0.3 is 5.73 Å². The van der Waals surface area contributed by atoms with Crippen LogP contribution in [0.2, 0.25) is 0 Å². The van der Waals surface area contributed by atoms with E-state index in [-0.39, 0.29) is 11.5 Å². The van der Waals surface area contributed by atoms with Crippen molar-refractivity contribution in [1.82, 2.24) is 9.55 Å². The summed E-state index contributed by atoms with van der Waals surface area (Å²) in [6.45, 7) is 2.02. The average Bonchev–Trinajstić information content (AvgIpc) is 2.17. The number of aromatic nitrogens is 2. The molecule has 15 heavy (non-hydrogen) atoms. The Hall–Kier alpha value is -1.49. The fourth-order valence-corrected chi connectivity index (χ4v) is 2.23. The molecule has 1 aliphatic heterocycles. The summed E-state index contributed by atoms with van der Waals surface area (Å²) in [7, 11) is 0. The van der Waals surface area contributed by atoms with Gasteiger partial charge in [0.2, 0.25) is 0 Å². The van der Waals surface area contributed by atoms with E-state index in [2.05, 4.69) is 11.1 Å². The molecule has 1 aromatic rings. The molecule has 2 heterocycles. The molecule has 2 N–H and O–H groups in total. The van der Waals surface area contributed by atoms with Crippen molar-refractivity contribution in [3.63, 3.8) is 0 Å². The zero-order valence-corrected chi connectivity index (χ0v) is 9.12. The molecule has 0 amide bonds. The van der Waals surface area contributed by atoms with Crippen LogP contribution < -0.4 is 11.4 Å². The third kappa shape index (κ3) is 2.12. The van der Waals surface area contributed by atoms with Gasteiger partial charge in [-0.15, -0.1) is 0 Å². The highest BCUT2D eigenvalue weighted by Gasteiger charge is 2.08. The molecule has 1 aromatic heterocycles. The van der Waals surface area contributed by atoms with E-state index in [1.807, 2.05) is 13.0 Å². The van der Waals surface area contributed by atoms with Crippen LogP contribution in [-0.2, 0) is 0 Å². The van der Waals surface area contributed by atoms with Gasteiger partial charge in [-0.3, -0.25) is 4.57 Å². The second-order valence-corrected chi connectivity index (χ2v) is 4.47. The lowest BCUT2D eigenvalue weighted by Gasteiger charge is -2.13. The summed E-state index contributed by atoms with van der Waals surface area (Å²) in [4.78, 5) is 16.4. The third-order valence-electron chi connectivity index (χ3n) is 2.03. The topological polar surface area (TPSA) is 60.9 Å². The van der Waals surface area contributed by atoms with E-state index >= 15 is 0 Å². The van der Waals surface area contributed by atoms with Crippen molar-refractivity contribution >= 4 is 22.6 Å². The third-order valence-corrected chi connectivity index (χ3v) is 3.09. The molecule has 0 spiro atoms. The maximum Gasteiger partial charge on any atom is 0.354 e. The molecule has 0 aliphatic carbocycles. The van der Waals surface area contributed by atoms with E-state index in [4.69, 9.17) is 5.73 Å². The van der Waals surface area contributed by atoms with Gasteiger partial charge in [0.25, 0.3) is 0 Å². The number of nitrogen functional groups attached to an aromatic ring is 1. The van der Waals surface area contributed by atoms with Crippen LogP contribution in [0.1, 0.15) is 13.3 Å². The predicted molar refractivity (Wildman–Crippen MR) is 63.1 cm³/mol. The Kier molecular flexibility index (Phi) is 2.64. The Morgan fingerprint density at radius 1 is 1.53 bits per heavy atom. The first kappa shape index (κ1) is 10.0. The Morgan fingerprint density at radius 2 is 2.33 bits per heavy atom. The predicted octanol–water partition coefficient (Wildman–Crippen LogP) is 1.66. The zero-order chi connectivity index (χ0) is 10.8. The summed E-state index contributed by atoms with van der Waals surface area (Å²) in [6.07, 6.45) is 6.62. The molecular formula is C10H11N3OS. The molecule has 0 unspecified atom stereocenters. The van der Waals surface area contributed by atoms with Crippen molar-refractivity contribution in [2.45, 2.75) is 13.3 Å². The highest BCUT2D eigenvalue weighted by molar-refractivity contribution is 8.11. The van der Waals surface area contributed by atoms with Crippen LogP contribution in [0.25, 0.3) is 5.03 Å². The van der Waals surface area contributed by atoms with Crippen LogP contribution in [0.15, 0.2) is 34.1 Å². The number of anilines is 1. The van der Waals surface area contributed by atoms with Crippen LogP contribution in [0, 0.1) is 0 Å². The molecule has 4 nitrogen and oxygen atoms in total. The van der Waals surface area contributed by atoms with Crippen molar-refractivity contribution in [1.29, 1.82) is 0 Å². The molecule has 0 atom stereocenters. The van der Waals surface area contributed by atoms with Gasteiger partial charge in [0.15, 0.2) is 0 Å². The van der Waals surface area contributed by atoms with Gasteiger partial charge in [-0.25, -0.2) is 4.79 Å². The highest BCUT2D eigenvalue weighted by atomic mass is 32.2. The Balaban J connectivity index is 2.39. The lowest BCUT2D eigenvalue weighted by atomic mass is 10.3. The van der Waals surface area contributed by atoms with Gasteiger partial charge in [-0.2, -0.15) is 4.98 Å². The molecule has 0 aromatic carbocycles. The fraction of sp³-hybridized carbons (Fsp3) is 0.200. The fourth-order valence-electron chi connectivity index (χ4n) is 1.31. The quantitative estimate of drug-likeness (QED) is 0.783. The molecule has 0 bridgehead atoms. The van der Waals surface area contributed by atoms with Gasteiger partial charge in [-0.1, -0.05) is 17.8 Å². The smallest absolute Gasteiger partial charge is 0.354 e. The molecule has 0 saturated carbocycles. The number of nitrogens with two attached hydrogens (primary N) is 1. The normalized spacial score (nSPS) is 15.8. The zero-order valence-electron chi connectivity index (χ0n) is 8.30. The lowest BCUT2D eigenvalue weighted by Crippen LogP contribution is -2.22. The van der Waals surface area contributed by atoms with Crippen LogP contribution in [0.5, 0.6) is 0 Å². The molecule has 1 aliphatic rings. The maximum atomic E-state index is 11.5. The van der Waals surface area contributed by atoms with Crippen LogP contribution in [0.4, 0.5) is 5.82 Å². The standard InChI is InChI=1S/C10H11N3OS/c1-7-3-2-4-9(15-7)13-6-5-8(11)12-10(13)14/h3-6H,2H2,1H3,(H2,11,12,14). The van der Waals surface area contributed by atoms with Crippen molar-refractivity contribution < 1.29 is 0 Å². The van der Waals surface area contributed by atoms with Gasteiger partial charge in [0.05, 0.1) is 5.03 Å². The summed E-state index contributed by atoms with van der Waals surface area (Å²) >= 11 is 1.56. The van der Waals surface area contributed by atoms with Gasteiger partial charge in [0, 0.05) is 6.20 Å². The first-order chi connectivity index (χ1) is 7.16. The number of hydrogen-bond donors (Lipinski definition) is 1. The minimum absolute atomic E-state index is 0.255. The Bertz CT molecular complexity index is 502. The average molecular weight is 221 g/mol. The molecule has 2 rings (SSSR count). The molecule has 0 fully saturated rings. The molecule has 0 radical (unpaired) electrons. The number of rotatable bonds is 1. The summed E-state index contributed by atoms with van der Waals surface area (Å²) < 4.78 is 1.51. The van der Waals surface area contributed by atoms with E-state index in [0.29, 0.717) is 0 Å². The SMILES string of the molecule is CC1=CCC=C(n2ccc(N)nc2=O)S1.